The normalized spacial score (nSPS) is 17.7. The molecule has 0 aromatic heterocycles. The Kier molecular flexibility index (Phi) is 5.83. The van der Waals surface area contributed by atoms with E-state index in [-0.39, 0.29) is 6.10 Å². The van der Waals surface area contributed by atoms with Crippen molar-refractivity contribution in [3.8, 4) is 0 Å². The third kappa shape index (κ3) is 6.18. The number of hydrogen-bond acceptors (Lipinski definition) is 5. The first-order valence-electron chi connectivity index (χ1n) is 6.08. The molecule has 0 spiro atoms. The summed E-state index contributed by atoms with van der Waals surface area (Å²) >= 11 is 0. The first kappa shape index (κ1) is 15.2. The van der Waals surface area contributed by atoms with Crippen LogP contribution in [0, 0.1) is 5.92 Å². The molecule has 7 nitrogen and oxygen atoms in total. The molecule has 1 aliphatic rings. The number of carbonyl (C=O) groups excluding carboxylic acids is 1. The van der Waals surface area contributed by atoms with Crippen molar-refractivity contribution in [2.24, 2.45) is 5.92 Å². The van der Waals surface area contributed by atoms with E-state index in [1.54, 1.807) is 13.8 Å². The van der Waals surface area contributed by atoms with Gasteiger partial charge in [0, 0.05) is 6.54 Å². The number of piperidine rings is 1. The maximum Gasteiger partial charge on any atom is 0.422 e. The second kappa shape index (κ2) is 6.91. The molecule has 0 radical (unpaired) electrons. The summed E-state index contributed by atoms with van der Waals surface area (Å²) in [6.45, 7) is 5.43. The Morgan fingerprint density at radius 1 is 1.39 bits per heavy atom. The molecule has 0 bridgehead atoms. The van der Waals surface area contributed by atoms with E-state index in [1.165, 1.54) is 0 Å². The highest BCUT2D eigenvalue weighted by Crippen LogP contribution is 2.09. The highest BCUT2D eigenvalue weighted by Gasteiger charge is 2.19. The standard InChI is InChI=1S/C10H21N3O4S/c1-8(2)17-10(14)13-18(15,16)12-7-9-3-5-11-6-4-9/h8-9,11-12H,3-7H2,1-2H3,(H,13,14). The number of amides is 1. The van der Waals surface area contributed by atoms with Crippen molar-refractivity contribution in [2.45, 2.75) is 32.8 Å². The minimum absolute atomic E-state index is 0.309. The summed E-state index contributed by atoms with van der Waals surface area (Å²) in [6, 6.07) is 0. The topological polar surface area (TPSA) is 96.5 Å². The zero-order valence-electron chi connectivity index (χ0n) is 10.7. The minimum atomic E-state index is -3.82. The Morgan fingerprint density at radius 2 is 2.00 bits per heavy atom. The van der Waals surface area contributed by atoms with Crippen LogP contribution in [-0.4, -0.2) is 40.2 Å². The van der Waals surface area contributed by atoms with E-state index >= 15 is 0 Å². The SMILES string of the molecule is CC(C)OC(=O)NS(=O)(=O)NCC1CCNCC1. The number of ether oxygens (including phenoxy) is 1. The van der Waals surface area contributed by atoms with Crippen LogP contribution in [0.4, 0.5) is 4.79 Å². The number of rotatable bonds is 5. The number of nitrogens with one attached hydrogen (secondary N) is 3. The third-order valence-electron chi connectivity index (χ3n) is 2.58. The van der Waals surface area contributed by atoms with Gasteiger partial charge in [0.25, 0.3) is 0 Å². The maximum absolute atomic E-state index is 11.5. The fourth-order valence-corrected chi connectivity index (χ4v) is 2.49. The van der Waals surface area contributed by atoms with Crippen molar-refractivity contribution in [2.75, 3.05) is 19.6 Å². The molecule has 0 aromatic rings. The van der Waals surface area contributed by atoms with Gasteiger partial charge in [-0.2, -0.15) is 13.1 Å². The Labute approximate surface area is 108 Å². The summed E-state index contributed by atoms with van der Waals surface area (Å²) in [4.78, 5) is 11.2. The van der Waals surface area contributed by atoms with Crippen molar-refractivity contribution in [3.05, 3.63) is 0 Å². The lowest BCUT2D eigenvalue weighted by Crippen LogP contribution is -2.44. The second-order valence-electron chi connectivity index (χ2n) is 4.60. The van der Waals surface area contributed by atoms with Crippen molar-refractivity contribution in [1.29, 1.82) is 0 Å². The monoisotopic (exact) mass is 279 g/mol. The van der Waals surface area contributed by atoms with Gasteiger partial charge in [0.2, 0.25) is 0 Å². The predicted octanol–water partition coefficient (Wildman–Crippen LogP) is -0.0450. The highest BCUT2D eigenvalue weighted by atomic mass is 32.2. The summed E-state index contributed by atoms with van der Waals surface area (Å²) in [7, 11) is -3.82. The van der Waals surface area contributed by atoms with Gasteiger partial charge < -0.3 is 10.1 Å². The van der Waals surface area contributed by atoms with Crippen LogP contribution in [0.1, 0.15) is 26.7 Å². The van der Waals surface area contributed by atoms with Crippen LogP contribution in [0.3, 0.4) is 0 Å². The Balaban J connectivity index is 2.32. The molecule has 18 heavy (non-hydrogen) atoms. The number of hydrogen-bond donors (Lipinski definition) is 3. The lowest BCUT2D eigenvalue weighted by atomic mass is 9.99. The third-order valence-corrected chi connectivity index (χ3v) is 3.56. The lowest BCUT2D eigenvalue weighted by molar-refractivity contribution is 0.121. The lowest BCUT2D eigenvalue weighted by Gasteiger charge is -2.22. The van der Waals surface area contributed by atoms with E-state index in [0.717, 1.165) is 25.9 Å². The molecule has 0 saturated carbocycles. The van der Waals surface area contributed by atoms with E-state index in [0.29, 0.717) is 12.5 Å². The van der Waals surface area contributed by atoms with Crippen molar-refractivity contribution in [1.82, 2.24) is 14.8 Å². The van der Waals surface area contributed by atoms with Crippen LogP contribution in [0.2, 0.25) is 0 Å². The molecule has 0 atom stereocenters. The van der Waals surface area contributed by atoms with E-state index in [4.69, 9.17) is 4.74 Å². The van der Waals surface area contributed by atoms with Gasteiger partial charge in [-0.3, -0.25) is 0 Å². The van der Waals surface area contributed by atoms with Crippen LogP contribution in [-0.2, 0) is 14.9 Å². The summed E-state index contributed by atoms with van der Waals surface area (Å²) in [6.07, 6.45) is 0.546. The fourth-order valence-electron chi connectivity index (χ4n) is 1.70. The van der Waals surface area contributed by atoms with E-state index in [9.17, 15) is 13.2 Å². The number of carbonyl (C=O) groups is 1. The molecule has 1 heterocycles. The van der Waals surface area contributed by atoms with Gasteiger partial charge in [-0.15, -0.1) is 0 Å². The fraction of sp³-hybridized carbons (Fsp3) is 0.900. The Bertz CT molecular complexity index is 363. The van der Waals surface area contributed by atoms with Crippen LogP contribution < -0.4 is 14.8 Å². The molecule has 1 rings (SSSR count). The van der Waals surface area contributed by atoms with Crippen LogP contribution in [0.15, 0.2) is 0 Å². The molecule has 0 aromatic carbocycles. The molecule has 1 saturated heterocycles. The zero-order valence-corrected chi connectivity index (χ0v) is 11.5. The molecule has 1 amide bonds. The molecule has 1 fully saturated rings. The summed E-state index contributed by atoms with van der Waals surface area (Å²) in [5.41, 5.74) is 0. The van der Waals surface area contributed by atoms with Crippen molar-refractivity contribution >= 4 is 16.3 Å². The van der Waals surface area contributed by atoms with Gasteiger partial charge in [0.05, 0.1) is 6.10 Å². The maximum atomic E-state index is 11.5. The summed E-state index contributed by atoms with van der Waals surface area (Å²) in [5, 5.41) is 3.20. The van der Waals surface area contributed by atoms with Gasteiger partial charge >= 0.3 is 16.3 Å². The summed E-state index contributed by atoms with van der Waals surface area (Å²) < 4.78 is 31.9. The van der Waals surface area contributed by atoms with Gasteiger partial charge in [-0.1, -0.05) is 0 Å². The second-order valence-corrected chi connectivity index (χ2v) is 6.10. The smallest absolute Gasteiger partial charge is 0.422 e. The molecule has 0 unspecified atom stereocenters. The molecular formula is C10H21N3O4S. The van der Waals surface area contributed by atoms with Gasteiger partial charge in [-0.05, 0) is 45.7 Å². The Morgan fingerprint density at radius 3 is 2.56 bits per heavy atom. The highest BCUT2D eigenvalue weighted by molar-refractivity contribution is 7.88. The van der Waals surface area contributed by atoms with Crippen LogP contribution in [0.25, 0.3) is 0 Å². The predicted molar refractivity (Wildman–Crippen MR) is 67.3 cm³/mol. The molecule has 3 N–H and O–H groups in total. The first-order valence-corrected chi connectivity index (χ1v) is 7.56. The quantitative estimate of drug-likeness (QED) is 0.656. The molecule has 1 aliphatic heterocycles. The van der Waals surface area contributed by atoms with Crippen molar-refractivity contribution in [3.63, 3.8) is 0 Å². The van der Waals surface area contributed by atoms with E-state index < -0.39 is 16.3 Å². The van der Waals surface area contributed by atoms with Gasteiger partial charge in [0.1, 0.15) is 0 Å². The largest absolute Gasteiger partial charge is 0.446 e. The Hall–Kier alpha value is -0.860. The van der Waals surface area contributed by atoms with Gasteiger partial charge in [-0.25, -0.2) is 9.52 Å². The van der Waals surface area contributed by atoms with Crippen molar-refractivity contribution < 1.29 is 17.9 Å². The summed E-state index contributed by atoms with van der Waals surface area (Å²) in [5.74, 6) is 0.309. The molecule has 0 aliphatic carbocycles. The van der Waals surface area contributed by atoms with Gasteiger partial charge in [0.15, 0.2) is 0 Å². The van der Waals surface area contributed by atoms with E-state index in [2.05, 4.69) is 10.0 Å². The molecule has 106 valence electrons. The molecule has 8 heteroatoms. The first-order chi connectivity index (χ1) is 8.39. The molecular weight excluding hydrogens is 258 g/mol. The minimum Gasteiger partial charge on any atom is -0.446 e. The van der Waals surface area contributed by atoms with Crippen LogP contribution >= 0.6 is 0 Å². The van der Waals surface area contributed by atoms with Crippen LogP contribution in [0.5, 0.6) is 0 Å². The average Bonchev–Trinajstić information content (AvgIpc) is 2.26. The zero-order chi connectivity index (χ0) is 13.6. The van der Waals surface area contributed by atoms with E-state index in [1.807, 2.05) is 4.72 Å². The average molecular weight is 279 g/mol.